The van der Waals surface area contributed by atoms with Crippen LogP contribution in [-0.4, -0.2) is 25.2 Å². The monoisotopic (exact) mass is 338 g/mol. The van der Waals surface area contributed by atoms with E-state index < -0.39 is 12.3 Å². The van der Waals surface area contributed by atoms with Crippen LogP contribution in [-0.2, 0) is 14.3 Å². The van der Waals surface area contributed by atoms with Crippen molar-refractivity contribution in [3.63, 3.8) is 0 Å². The van der Waals surface area contributed by atoms with Gasteiger partial charge in [-0.25, -0.2) is 0 Å². The number of rotatable bonds is 5. The summed E-state index contributed by atoms with van der Waals surface area (Å²) in [5, 5.41) is 0. The molecule has 0 radical (unpaired) electrons. The molecule has 0 fully saturated rings. The Morgan fingerprint density at radius 1 is 1.24 bits per heavy atom. The molecule has 128 valence electrons. The molecule has 1 atom stereocenters. The van der Waals surface area contributed by atoms with Crippen molar-refractivity contribution in [3.05, 3.63) is 71.7 Å². The molecule has 25 heavy (non-hydrogen) atoms. The highest BCUT2D eigenvalue weighted by Gasteiger charge is 2.30. The van der Waals surface area contributed by atoms with Crippen LogP contribution in [0.3, 0.4) is 0 Å². The molecule has 1 aromatic carbocycles. The van der Waals surface area contributed by atoms with Crippen LogP contribution in [0, 0.1) is 0 Å². The van der Waals surface area contributed by atoms with Crippen LogP contribution < -0.4 is 0 Å². The Morgan fingerprint density at radius 3 is 2.60 bits per heavy atom. The number of ether oxygens (including phenoxy) is 2. The van der Waals surface area contributed by atoms with Crippen molar-refractivity contribution in [2.24, 2.45) is 0 Å². The topological polar surface area (TPSA) is 65.7 Å². The molecule has 1 unspecified atom stereocenters. The highest BCUT2D eigenvalue weighted by Crippen LogP contribution is 2.38. The van der Waals surface area contributed by atoms with Gasteiger partial charge < -0.3 is 13.9 Å². The molecule has 0 saturated carbocycles. The van der Waals surface area contributed by atoms with E-state index in [2.05, 4.69) is 13.2 Å². The summed E-state index contributed by atoms with van der Waals surface area (Å²) in [7, 11) is 1.45. The smallest absolute Gasteiger partial charge is 0.312 e. The number of ketones is 1. The first-order valence-corrected chi connectivity index (χ1v) is 7.80. The number of fused-ring (bicyclic) bond motifs is 2. The van der Waals surface area contributed by atoms with Gasteiger partial charge in [-0.1, -0.05) is 37.4 Å². The second kappa shape index (κ2) is 6.53. The van der Waals surface area contributed by atoms with Gasteiger partial charge in [0.2, 0.25) is 5.78 Å². The van der Waals surface area contributed by atoms with E-state index in [0.717, 1.165) is 5.56 Å². The SMILES string of the molecule is C=C(CC(=O)OC(C)OC)c1cc2c(o1)C(=O)c1ccccc1C2=C. The zero-order chi connectivity index (χ0) is 18.1. The number of carbonyl (C=O) groups is 2. The molecule has 1 aromatic heterocycles. The van der Waals surface area contributed by atoms with Gasteiger partial charge in [0, 0.05) is 18.2 Å². The van der Waals surface area contributed by atoms with E-state index in [1.807, 2.05) is 12.1 Å². The minimum absolute atomic E-state index is 0.0618. The van der Waals surface area contributed by atoms with Crippen LogP contribution in [0.15, 0.2) is 47.9 Å². The van der Waals surface area contributed by atoms with Gasteiger partial charge in [0.05, 0.1) is 6.42 Å². The first-order valence-electron chi connectivity index (χ1n) is 7.80. The molecule has 3 rings (SSSR count). The van der Waals surface area contributed by atoms with Crippen molar-refractivity contribution >= 4 is 22.9 Å². The number of esters is 1. The summed E-state index contributed by atoms with van der Waals surface area (Å²) in [6.45, 7) is 9.55. The molecule has 0 amide bonds. The van der Waals surface area contributed by atoms with Gasteiger partial charge in [0.15, 0.2) is 12.1 Å². The second-order valence-corrected chi connectivity index (χ2v) is 5.78. The van der Waals surface area contributed by atoms with Crippen LogP contribution in [0.2, 0.25) is 0 Å². The average molecular weight is 338 g/mol. The first-order chi connectivity index (χ1) is 11.9. The summed E-state index contributed by atoms with van der Waals surface area (Å²) in [6, 6.07) is 8.94. The molecule has 1 aliphatic rings. The summed E-state index contributed by atoms with van der Waals surface area (Å²) in [4.78, 5) is 24.5. The Balaban J connectivity index is 1.85. The zero-order valence-corrected chi connectivity index (χ0v) is 14.1. The van der Waals surface area contributed by atoms with Crippen LogP contribution in [0.25, 0.3) is 11.1 Å². The molecule has 0 bridgehead atoms. The lowest BCUT2D eigenvalue weighted by molar-refractivity contribution is -0.168. The molecule has 2 aromatic rings. The molecule has 5 heteroatoms. The number of hydrogen-bond donors (Lipinski definition) is 0. The maximum absolute atomic E-state index is 12.6. The van der Waals surface area contributed by atoms with E-state index in [9.17, 15) is 9.59 Å². The van der Waals surface area contributed by atoms with Crippen molar-refractivity contribution in [1.82, 2.24) is 0 Å². The van der Waals surface area contributed by atoms with E-state index in [0.29, 0.717) is 28.0 Å². The van der Waals surface area contributed by atoms with Gasteiger partial charge in [-0.05, 0) is 29.7 Å². The predicted molar refractivity (Wildman–Crippen MR) is 92.9 cm³/mol. The molecule has 1 aliphatic carbocycles. The predicted octanol–water partition coefficient (Wildman–Crippen LogP) is 3.82. The van der Waals surface area contributed by atoms with Crippen molar-refractivity contribution in [3.8, 4) is 0 Å². The third kappa shape index (κ3) is 3.06. The minimum Gasteiger partial charge on any atom is -0.452 e. The van der Waals surface area contributed by atoms with E-state index in [1.54, 1.807) is 25.1 Å². The number of benzene rings is 1. The molecule has 0 saturated heterocycles. The molecular weight excluding hydrogens is 320 g/mol. The summed E-state index contributed by atoms with van der Waals surface area (Å²) < 4.78 is 15.6. The van der Waals surface area contributed by atoms with E-state index in [4.69, 9.17) is 13.9 Å². The fraction of sp³-hybridized carbons (Fsp3) is 0.200. The van der Waals surface area contributed by atoms with Crippen molar-refractivity contribution < 1.29 is 23.5 Å². The minimum atomic E-state index is -0.638. The van der Waals surface area contributed by atoms with Crippen LogP contribution in [0.1, 0.15) is 46.3 Å². The first kappa shape index (κ1) is 16.9. The summed E-state index contributed by atoms with van der Waals surface area (Å²) >= 11 is 0. The van der Waals surface area contributed by atoms with Crippen LogP contribution in [0.5, 0.6) is 0 Å². The number of hydrogen-bond acceptors (Lipinski definition) is 5. The largest absolute Gasteiger partial charge is 0.452 e. The standard InChI is InChI=1S/C20H18O5/c1-11(9-18(21)24-13(3)23-4)17-10-16-12(2)14-7-5-6-8-15(14)19(22)20(16)25-17/h5-8,10,13H,1-2,9H2,3-4H3. The maximum Gasteiger partial charge on any atom is 0.312 e. The van der Waals surface area contributed by atoms with Gasteiger partial charge >= 0.3 is 5.97 Å². The Hall–Kier alpha value is -2.92. The fourth-order valence-corrected chi connectivity index (χ4v) is 2.71. The molecule has 0 N–H and O–H groups in total. The number of furan rings is 1. The van der Waals surface area contributed by atoms with Crippen LogP contribution in [0.4, 0.5) is 0 Å². The van der Waals surface area contributed by atoms with Crippen molar-refractivity contribution in [2.75, 3.05) is 7.11 Å². The molecule has 0 aliphatic heterocycles. The normalized spacial score (nSPS) is 13.8. The summed E-state index contributed by atoms with van der Waals surface area (Å²) in [5.41, 5.74) is 3.10. The molecule has 1 heterocycles. The van der Waals surface area contributed by atoms with Gasteiger partial charge in [0.25, 0.3) is 0 Å². The molecule has 0 spiro atoms. The third-order valence-electron chi connectivity index (χ3n) is 4.10. The van der Waals surface area contributed by atoms with Crippen LogP contribution >= 0.6 is 0 Å². The Morgan fingerprint density at radius 2 is 1.92 bits per heavy atom. The van der Waals surface area contributed by atoms with Gasteiger partial charge in [0.1, 0.15) is 5.76 Å². The Labute approximate surface area is 145 Å². The highest BCUT2D eigenvalue weighted by atomic mass is 16.7. The molecule has 5 nitrogen and oxygen atoms in total. The second-order valence-electron chi connectivity index (χ2n) is 5.78. The van der Waals surface area contributed by atoms with Crippen molar-refractivity contribution in [2.45, 2.75) is 19.6 Å². The zero-order valence-electron chi connectivity index (χ0n) is 14.1. The highest BCUT2D eigenvalue weighted by molar-refractivity contribution is 6.17. The van der Waals surface area contributed by atoms with E-state index in [-0.39, 0.29) is 18.0 Å². The summed E-state index contributed by atoms with van der Waals surface area (Å²) in [6.07, 6.45) is -0.700. The lowest BCUT2D eigenvalue weighted by Crippen LogP contribution is -2.16. The number of methoxy groups -OCH3 is 1. The van der Waals surface area contributed by atoms with Gasteiger partial charge in [-0.3, -0.25) is 9.59 Å². The van der Waals surface area contributed by atoms with E-state index >= 15 is 0 Å². The quantitative estimate of drug-likeness (QED) is 0.522. The Bertz CT molecular complexity index is 835. The Kier molecular flexibility index (Phi) is 4.42. The lowest BCUT2D eigenvalue weighted by Gasteiger charge is -2.15. The molecular formula is C20H18O5. The summed E-state index contributed by atoms with van der Waals surface area (Å²) in [5.74, 6) is -0.0948. The number of carbonyl (C=O) groups excluding carboxylic acids is 2. The average Bonchev–Trinajstić information content (AvgIpc) is 3.05. The van der Waals surface area contributed by atoms with Gasteiger partial charge in [-0.2, -0.15) is 0 Å². The van der Waals surface area contributed by atoms with E-state index in [1.165, 1.54) is 7.11 Å². The van der Waals surface area contributed by atoms with Crippen molar-refractivity contribution in [1.29, 1.82) is 0 Å². The van der Waals surface area contributed by atoms with Gasteiger partial charge in [-0.15, -0.1) is 0 Å². The lowest BCUT2D eigenvalue weighted by atomic mass is 9.86. The maximum atomic E-state index is 12.6. The fourth-order valence-electron chi connectivity index (χ4n) is 2.71. The third-order valence-corrected chi connectivity index (χ3v) is 4.10.